The molecular formula is C8H10. The van der Waals surface area contributed by atoms with E-state index < -0.39 is 0 Å². The average Bonchev–Trinajstić information content (AvgIpc) is 2.34. The number of hydrogen-bond acceptors (Lipinski definition) is 0. The van der Waals surface area contributed by atoms with Crippen LogP contribution in [0.3, 0.4) is 0 Å². The molecule has 0 spiro atoms. The first-order chi connectivity index (χ1) is 3.95. The third kappa shape index (κ3) is 0.249. The Labute approximate surface area is 49.6 Å². The van der Waals surface area contributed by atoms with Crippen LogP contribution in [0, 0.1) is 11.8 Å². The molecule has 0 aromatic carbocycles. The highest BCUT2D eigenvalue weighted by Crippen LogP contribution is 2.61. The zero-order chi connectivity index (χ0) is 5.14. The van der Waals surface area contributed by atoms with Crippen molar-refractivity contribution in [3.05, 3.63) is 11.1 Å². The topological polar surface area (TPSA) is 0 Å². The summed E-state index contributed by atoms with van der Waals surface area (Å²) in [5.41, 5.74) is 3.74. The Balaban J connectivity index is 2.11. The van der Waals surface area contributed by atoms with Crippen molar-refractivity contribution in [2.75, 3.05) is 0 Å². The number of hydrogen-bond donors (Lipinski definition) is 0. The van der Waals surface area contributed by atoms with Crippen molar-refractivity contribution in [1.82, 2.24) is 0 Å². The maximum atomic E-state index is 1.88. The Morgan fingerprint density at radius 1 is 1.25 bits per heavy atom. The lowest BCUT2D eigenvalue weighted by Crippen LogP contribution is -2.00. The van der Waals surface area contributed by atoms with Crippen LogP contribution in [0.25, 0.3) is 0 Å². The van der Waals surface area contributed by atoms with E-state index in [0.29, 0.717) is 0 Å². The van der Waals surface area contributed by atoms with Crippen molar-refractivity contribution in [2.45, 2.75) is 25.7 Å². The first-order valence-electron chi connectivity index (χ1n) is 3.66. The molecule has 2 atom stereocenters. The van der Waals surface area contributed by atoms with E-state index in [4.69, 9.17) is 0 Å². The molecule has 3 rings (SSSR count). The van der Waals surface area contributed by atoms with Crippen molar-refractivity contribution in [2.24, 2.45) is 11.8 Å². The molecular weight excluding hydrogens is 96.1 g/mol. The Morgan fingerprint density at radius 2 is 2.25 bits per heavy atom. The van der Waals surface area contributed by atoms with Gasteiger partial charge in [0.1, 0.15) is 0 Å². The van der Waals surface area contributed by atoms with Crippen molar-refractivity contribution >= 4 is 0 Å². The Kier molecular flexibility index (Phi) is 0.415. The van der Waals surface area contributed by atoms with E-state index in [1.165, 1.54) is 19.3 Å². The van der Waals surface area contributed by atoms with Crippen LogP contribution in [-0.2, 0) is 0 Å². The molecule has 0 heteroatoms. The minimum Gasteiger partial charge on any atom is -0.0701 e. The third-order valence-electron chi connectivity index (χ3n) is 3.03. The molecule has 0 heterocycles. The highest BCUT2D eigenvalue weighted by atomic mass is 14.5. The standard InChI is InChI=1S/C8H10/c1-2-7-5(1)3-6-4-8(6)7/h6,8H,1-4H2. The summed E-state index contributed by atoms with van der Waals surface area (Å²) in [7, 11) is 0. The van der Waals surface area contributed by atoms with Crippen molar-refractivity contribution in [1.29, 1.82) is 0 Å². The van der Waals surface area contributed by atoms with Gasteiger partial charge in [-0.15, -0.1) is 0 Å². The summed E-state index contributed by atoms with van der Waals surface area (Å²) in [6, 6.07) is 0. The van der Waals surface area contributed by atoms with Crippen molar-refractivity contribution < 1.29 is 0 Å². The fourth-order valence-corrected chi connectivity index (χ4v) is 2.34. The fourth-order valence-electron chi connectivity index (χ4n) is 2.34. The lowest BCUT2D eigenvalue weighted by molar-refractivity contribution is 0.736. The van der Waals surface area contributed by atoms with E-state index in [1.54, 1.807) is 6.42 Å². The fraction of sp³-hybridized carbons (Fsp3) is 0.750. The molecule has 0 bridgehead atoms. The average molecular weight is 106 g/mol. The highest BCUT2D eigenvalue weighted by molar-refractivity contribution is 5.37. The second-order valence-corrected chi connectivity index (χ2v) is 3.44. The predicted octanol–water partition coefficient (Wildman–Crippen LogP) is 2.12. The summed E-state index contributed by atoms with van der Waals surface area (Å²) in [5, 5.41) is 0. The van der Waals surface area contributed by atoms with Gasteiger partial charge in [0.05, 0.1) is 0 Å². The molecule has 42 valence electrons. The van der Waals surface area contributed by atoms with Gasteiger partial charge in [0.25, 0.3) is 0 Å². The quantitative estimate of drug-likeness (QED) is 0.415. The summed E-state index contributed by atoms with van der Waals surface area (Å²) in [4.78, 5) is 0. The van der Waals surface area contributed by atoms with Crippen molar-refractivity contribution in [3.63, 3.8) is 0 Å². The van der Waals surface area contributed by atoms with Gasteiger partial charge >= 0.3 is 0 Å². The zero-order valence-corrected chi connectivity index (χ0v) is 4.98. The molecule has 0 aliphatic heterocycles. The van der Waals surface area contributed by atoms with Gasteiger partial charge < -0.3 is 0 Å². The van der Waals surface area contributed by atoms with Gasteiger partial charge in [0.2, 0.25) is 0 Å². The first kappa shape index (κ1) is 3.71. The third-order valence-corrected chi connectivity index (χ3v) is 3.03. The monoisotopic (exact) mass is 106 g/mol. The Bertz CT molecular complexity index is 176. The lowest BCUT2D eigenvalue weighted by atomic mass is 9.88. The summed E-state index contributed by atoms with van der Waals surface area (Å²) in [6.45, 7) is 0. The first-order valence-corrected chi connectivity index (χ1v) is 3.66. The van der Waals surface area contributed by atoms with Gasteiger partial charge in [-0.05, 0) is 37.5 Å². The largest absolute Gasteiger partial charge is 0.0701 e. The van der Waals surface area contributed by atoms with Gasteiger partial charge in [-0.2, -0.15) is 0 Å². The van der Waals surface area contributed by atoms with Crippen LogP contribution < -0.4 is 0 Å². The minimum absolute atomic E-state index is 1.12. The molecule has 0 N–H and O–H groups in total. The van der Waals surface area contributed by atoms with E-state index in [2.05, 4.69) is 0 Å². The maximum absolute atomic E-state index is 1.88. The Morgan fingerprint density at radius 3 is 2.62 bits per heavy atom. The molecule has 1 fully saturated rings. The molecule has 0 nitrogen and oxygen atoms in total. The van der Waals surface area contributed by atoms with Crippen LogP contribution in [0.15, 0.2) is 11.1 Å². The van der Waals surface area contributed by atoms with Gasteiger partial charge in [-0.3, -0.25) is 0 Å². The molecule has 0 amide bonds. The van der Waals surface area contributed by atoms with E-state index in [0.717, 1.165) is 11.8 Å². The lowest BCUT2D eigenvalue weighted by Gasteiger charge is -2.18. The summed E-state index contributed by atoms with van der Waals surface area (Å²) in [5.74, 6) is 2.28. The summed E-state index contributed by atoms with van der Waals surface area (Å²) in [6.07, 6.45) is 5.98. The van der Waals surface area contributed by atoms with E-state index in [9.17, 15) is 0 Å². The van der Waals surface area contributed by atoms with Crippen LogP contribution in [0.2, 0.25) is 0 Å². The van der Waals surface area contributed by atoms with Crippen LogP contribution in [0.1, 0.15) is 25.7 Å². The molecule has 8 heavy (non-hydrogen) atoms. The van der Waals surface area contributed by atoms with Crippen molar-refractivity contribution in [3.8, 4) is 0 Å². The highest BCUT2D eigenvalue weighted by Gasteiger charge is 2.48. The van der Waals surface area contributed by atoms with Gasteiger partial charge in [-0.1, -0.05) is 11.1 Å². The second-order valence-electron chi connectivity index (χ2n) is 3.44. The molecule has 3 aliphatic carbocycles. The van der Waals surface area contributed by atoms with Crippen LogP contribution in [0.4, 0.5) is 0 Å². The predicted molar refractivity (Wildman–Crippen MR) is 32.5 cm³/mol. The second kappa shape index (κ2) is 0.896. The van der Waals surface area contributed by atoms with Crippen LogP contribution in [-0.4, -0.2) is 0 Å². The number of allylic oxidation sites excluding steroid dienone is 2. The van der Waals surface area contributed by atoms with E-state index in [-0.39, 0.29) is 0 Å². The molecule has 0 aromatic heterocycles. The number of rotatable bonds is 0. The molecule has 2 unspecified atom stereocenters. The summed E-state index contributed by atoms with van der Waals surface area (Å²) >= 11 is 0. The SMILES string of the molecule is C1CC2=C1CC1CC21. The maximum Gasteiger partial charge on any atom is -0.0166 e. The van der Waals surface area contributed by atoms with Crippen LogP contribution in [0.5, 0.6) is 0 Å². The smallest absolute Gasteiger partial charge is 0.0166 e. The zero-order valence-electron chi connectivity index (χ0n) is 4.98. The van der Waals surface area contributed by atoms with Gasteiger partial charge in [0.15, 0.2) is 0 Å². The minimum atomic E-state index is 1.12. The molecule has 0 radical (unpaired) electrons. The van der Waals surface area contributed by atoms with E-state index >= 15 is 0 Å². The van der Waals surface area contributed by atoms with Gasteiger partial charge in [-0.25, -0.2) is 0 Å². The molecule has 0 aromatic rings. The Hall–Kier alpha value is -0.260. The normalized spacial score (nSPS) is 48.0. The van der Waals surface area contributed by atoms with Gasteiger partial charge in [0, 0.05) is 0 Å². The van der Waals surface area contributed by atoms with E-state index in [1.807, 2.05) is 11.1 Å². The summed E-state index contributed by atoms with van der Waals surface area (Å²) < 4.78 is 0. The molecule has 0 saturated heterocycles. The molecule has 1 saturated carbocycles. The van der Waals surface area contributed by atoms with Crippen LogP contribution >= 0.6 is 0 Å². The molecule has 3 aliphatic rings. The number of fused-ring (bicyclic) bond motifs is 2.